The van der Waals surface area contributed by atoms with Gasteiger partial charge in [0.25, 0.3) is 0 Å². The van der Waals surface area contributed by atoms with Gasteiger partial charge in [-0.3, -0.25) is 9.59 Å². The molecule has 0 aromatic heterocycles. The lowest BCUT2D eigenvalue weighted by Gasteiger charge is -2.16. The molecular formula is C14H18ClNO2. The van der Waals surface area contributed by atoms with Gasteiger partial charge in [0, 0.05) is 10.4 Å². The summed E-state index contributed by atoms with van der Waals surface area (Å²) in [5.74, 6) is -0.156. The summed E-state index contributed by atoms with van der Waals surface area (Å²) in [6.07, 6.45) is 0.234. The Bertz CT molecular complexity index is 449. The average molecular weight is 268 g/mol. The number of amides is 1. The molecular weight excluding hydrogens is 250 g/mol. The van der Waals surface area contributed by atoms with Crippen molar-refractivity contribution in [3.63, 3.8) is 0 Å². The Balaban J connectivity index is 2.46. The molecule has 0 saturated heterocycles. The standard InChI is InChI=1S/C14H18ClNO2/c1-14(2,3)12(17)9-16-13(18)8-10-5-4-6-11(15)7-10/h4-7H,8-9H2,1-3H3,(H,16,18). The topological polar surface area (TPSA) is 46.2 Å². The fourth-order valence-electron chi connectivity index (χ4n) is 1.34. The van der Waals surface area contributed by atoms with E-state index in [1.165, 1.54) is 0 Å². The maximum Gasteiger partial charge on any atom is 0.224 e. The van der Waals surface area contributed by atoms with E-state index in [1.807, 2.05) is 26.8 Å². The Kier molecular flexibility index (Phi) is 4.91. The van der Waals surface area contributed by atoms with Gasteiger partial charge in [-0.05, 0) is 17.7 Å². The van der Waals surface area contributed by atoms with E-state index in [9.17, 15) is 9.59 Å². The molecule has 0 unspecified atom stereocenters. The predicted molar refractivity (Wildman–Crippen MR) is 72.6 cm³/mol. The molecule has 1 N–H and O–H groups in total. The van der Waals surface area contributed by atoms with Gasteiger partial charge in [-0.1, -0.05) is 44.5 Å². The van der Waals surface area contributed by atoms with Crippen LogP contribution in [0.3, 0.4) is 0 Å². The number of hydrogen-bond acceptors (Lipinski definition) is 2. The number of nitrogens with one attached hydrogen (secondary N) is 1. The molecule has 98 valence electrons. The molecule has 0 saturated carbocycles. The van der Waals surface area contributed by atoms with Crippen molar-refractivity contribution in [3.8, 4) is 0 Å². The lowest BCUT2D eigenvalue weighted by atomic mass is 9.91. The van der Waals surface area contributed by atoms with Crippen molar-refractivity contribution >= 4 is 23.3 Å². The van der Waals surface area contributed by atoms with E-state index in [2.05, 4.69) is 5.32 Å². The molecule has 1 aromatic rings. The van der Waals surface area contributed by atoms with Gasteiger partial charge in [0.05, 0.1) is 13.0 Å². The van der Waals surface area contributed by atoms with Crippen LogP contribution in [0.1, 0.15) is 26.3 Å². The predicted octanol–water partition coefficient (Wildman–Crippen LogP) is 2.61. The second kappa shape index (κ2) is 6.01. The first-order valence-electron chi connectivity index (χ1n) is 5.83. The molecule has 0 aliphatic heterocycles. The van der Waals surface area contributed by atoms with E-state index < -0.39 is 5.41 Å². The van der Waals surface area contributed by atoms with Crippen LogP contribution in [0.4, 0.5) is 0 Å². The first kappa shape index (κ1) is 14.7. The zero-order valence-corrected chi connectivity index (χ0v) is 11.7. The number of Topliss-reactive ketones (excluding diaryl/α,β-unsaturated/α-hetero) is 1. The Morgan fingerprint density at radius 2 is 1.94 bits per heavy atom. The monoisotopic (exact) mass is 267 g/mol. The van der Waals surface area contributed by atoms with Crippen molar-refractivity contribution in [1.82, 2.24) is 5.32 Å². The SMILES string of the molecule is CC(C)(C)C(=O)CNC(=O)Cc1cccc(Cl)c1. The quantitative estimate of drug-likeness (QED) is 0.912. The van der Waals surface area contributed by atoms with Crippen LogP contribution in [0.25, 0.3) is 0 Å². The fraction of sp³-hybridized carbons (Fsp3) is 0.429. The summed E-state index contributed by atoms with van der Waals surface area (Å²) in [5, 5.41) is 3.23. The summed E-state index contributed by atoms with van der Waals surface area (Å²) in [4.78, 5) is 23.3. The molecule has 3 nitrogen and oxygen atoms in total. The molecule has 0 heterocycles. The molecule has 0 bridgehead atoms. The summed E-state index contributed by atoms with van der Waals surface area (Å²) in [6.45, 7) is 5.57. The molecule has 1 rings (SSSR count). The van der Waals surface area contributed by atoms with Crippen molar-refractivity contribution in [2.75, 3.05) is 6.54 Å². The molecule has 18 heavy (non-hydrogen) atoms. The van der Waals surface area contributed by atoms with Crippen molar-refractivity contribution in [2.24, 2.45) is 5.41 Å². The third-order valence-corrected chi connectivity index (χ3v) is 2.77. The highest BCUT2D eigenvalue weighted by molar-refractivity contribution is 6.30. The molecule has 0 spiro atoms. The van der Waals surface area contributed by atoms with Crippen molar-refractivity contribution < 1.29 is 9.59 Å². The van der Waals surface area contributed by atoms with Crippen LogP contribution in [-0.4, -0.2) is 18.2 Å². The molecule has 0 aliphatic carbocycles. The maximum absolute atomic E-state index is 11.6. The van der Waals surface area contributed by atoms with Crippen molar-refractivity contribution in [1.29, 1.82) is 0 Å². The number of rotatable bonds is 4. The molecule has 4 heteroatoms. The molecule has 0 fully saturated rings. The van der Waals surface area contributed by atoms with Crippen LogP contribution in [0.5, 0.6) is 0 Å². The van der Waals surface area contributed by atoms with Gasteiger partial charge in [-0.15, -0.1) is 0 Å². The van der Waals surface area contributed by atoms with Crippen molar-refractivity contribution in [2.45, 2.75) is 27.2 Å². The van der Waals surface area contributed by atoms with Gasteiger partial charge in [0.15, 0.2) is 5.78 Å². The number of halogens is 1. The minimum absolute atomic E-state index is 0.0157. The van der Waals surface area contributed by atoms with Gasteiger partial charge < -0.3 is 5.32 Å². The largest absolute Gasteiger partial charge is 0.349 e. The zero-order chi connectivity index (χ0) is 13.8. The molecule has 0 aliphatic rings. The van der Waals surface area contributed by atoms with Crippen molar-refractivity contribution in [3.05, 3.63) is 34.9 Å². The number of hydrogen-bond donors (Lipinski definition) is 1. The van der Waals surface area contributed by atoms with Gasteiger partial charge in [0.2, 0.25) is 5.91 Å². The first-order valence-corrected chi connectivity index (χ1v) is 6.21. The number of benzene rings is 1. The highest BCUT2D eigenvalue weighted by atomic mass is 35.5. The van der Waals surface area contributed by atoms with Crippen LogP contribution in [0.2, 0.25) is 5.02 Å². The highest BCUT2D eigenvalue weighted by Gasteiger charge is 2.21. The van der Waals surface area contributed by atoms with E-state index in [0.717, 1.165) is 5.56 Å². The van der Waals surface area contributed by atoms with Gasteiger partial charge >= 0.3 is 0 Å². The molecule has 0 radical (unpaired) electrons. The zero-order valence-electron chi connectivity index (χ0n) is 10.9. The second-order valence-corrected chi connectivity index (χ2v) is 5.69. The maximum atomic E-state index is 11.6. The smallest absolute Gasteiger partial charge is 0.224 e. The number of carbonyl (C=O) groups is 2. The summed E-state index contributed by atoms with van der Waals surface area (Å²) >= 11 is 5.83. The third-order valence-electron chi connectivity index (χ3n) is 2.54. The second-order valence-electron chi connectivity index (χ2n) is 5.26. The van der Waals surface area contributed by atoms with E-state index in [4.69, 9.17) is 11.6 Å². The minimum Gasteiger partial charge on any atom is -0.349 e. The molecule has 0 atom stereocenters. The summed E-state index contributed by atoms with van der Waals surface area (Å²) in [7, 11) is 0. The van der Waals surface area contributed by atoms with Gasteiger partial charge in [-0.25, -0.2) is 0 Å². The lowest BCUT2D eigenvalue weighted by molar-refractivity contribution is -0.128. The Labute approximate surface area is 113 Å². The lowest BCUT2D eigenvalue weighted by Crippen LogP contribution is -2.36. The highest BCUT2D eigenvalue weighted by Crippen LogP contribution is 2.14. The summed E-state index contributed by atoms with van der Waals surface area (Å²) in [5.41, 5.74) is 0.409. The van der Waals surface area contributed by atoms with Crippen LogP contribution >= 0.6 is 11.6 Å². The van der Waals surface area contributed by atoms with Crippen LogP contribution in [-0.2, 0) is 16.0 Å². The van der Waals surface area contributed by atoms with E-state index in [-0.39, 0.29) is 24.7 Å². The van der Waals surface area contributed by atoms with E-state index in [0.29, 0.717) is 5.02 Å². The van der Waals surface area contributed by atoms with E-state index in [1.54, 1.807) is 18.2 Å². The number of ketones is 1. The van der Waals surface area contributed by atoms with Gasteiger partial charge in [0.1, 0.15) is 0 Å². The van der Waals surface area contributed by atoms with Crippen LogP contribution in [0.15, 0.2) is 24.3 Å². The first-order chi connectivity index (χ1) is 8.29. The van der Waals surface area contributed by atoms with Gasteiger partial charge in [-0.2, -0.15) is 0 Å². The Morgan fingerprint density at radius 3 is 2.50 bits per heavy atom. The fourth-order valence-corrected chi connectivity index (χ4v) is 1.55. The number of carbonyl (C=O) groups excluding carboxylic acids is 2. The molecule has 1 amide bonds. The minimum atomic E-state index is -0.427. The normalized spacial score (nSPS) is 11.1. The Morgan fingerprint density at radius 1 is 1.28 bits per heavy atom. The Hall–Kier alpha value is -1.35. The van der Waals surface area contributed by atoms with Crippen LogP contribution in [0, 0.1) is 5.41 Å². The third kappa shape index (κ3) is 4.88. The average Bonchev–Trinajstić information content (AvgIpc) is 2.24. The van der Waals surface area contributed by atoms with E-state index >= 15 is 0 Å². The summed E-state index contributed by atoms with van der Waals surface area (Å²) in [6, 6.07) is 7.13. The molecule has 1 aromatic carbocycles. The summed E-state index contributed by atoms with van der Waals surface area (Å²) < 4.78 is 0. The van der Waals surface area contributed by atoms with Crippen LogP contribution < -0.4 is 5.32 Å².